The van der Waals surface area contributed by atoms with E-state index >= 15 is 0 Å². The van der Waals surface area contributed by atoms with E-state index in [1.807, 2.05) is 24.3 Å². The second-order valence-corrected chi connectivity index (χ2v) is 8.03. The molecule has 0 aliphatic carbocycles. The number of amides is 2. The van der Waals surface area contributed by atoms with Gasteiger partial charge in [0.1, 0.15) is 11.4 Å². The third-order valence-corrected chi connectivity index (χ3v) is 5.93. The van der Waals surface area contributed by atoms with Crippen LogP contribution >= 0.6 is 46.1 Å². The number of carbonyl (C=O) groups is 3. The van der Waals surface area contributed by atoms with Gasteiger partial charge in [0.25, 0.3) is 11.8 Å². The van der Waals surface area contributed by atoms with Gasteiger partial charge in [0, 0.05) is 15.1 Å². The Morgan fingerprint density at radius 3 is 2.52 bits per heavy atom. The van der Waals surface area contributed by atoms with Crippen molar-refractivity contribution in [2.45, 2.75) is 0 Å². The molecule has 0 unspecified atom stereocenters. The molecule has 2 amide bonds. The highest BCUT2D eigenvalue weighted by Crippen LogP contribution is 2.34. The summed E-state index contributed by atoms with van der Waals surface area (Å²) in [5.74, 6) is -1.85. The van der Waals surface area contributed by atoms with Gasteiger partial charge in [-0.25, -0.2) is 0 Å². The zero-order chi connectivity index (χ0) is 21.0. The summed E-state index contributed by atoms with van der Waals surface area (Å²) in [6.45, 7) is -0.935. The third kappa shape index (κ3) is 5.39. The van der Waals surface area contributed by atoms with Gasteiger partial charge in [0.2, 0.25) is 0 Å². The fraction of sp³-hybridized carbons (Fsp3) is 0.105. The summed E-state index contributed by atoms with van der Waals surface area (Å²) in [7, 11) is 0. The summed E-state index contributed by atoms with van der Waals surface area (Å²) in [6, 6.07) is 11.9. The maximum Gasteiger partial charge on any atom is 0.325 e. The fourth-order valence-corrected chi connectivity index (χ4v) is 4.26. The maximum atomic E-state index is 12.3. The van der Waals surface area contributed by atoms with E-state index in [9.17, 15) is 14.4 Å². The Hall–Kier alpha value is -2.32. The van der Waals surface area contributed by atoms with Crippen LogP contribution in [-0.4, -0.2) is 30.9 Å². The predicted octanol–water partition coefficient (Wildman–Crippen LogP) is 4.77. The Labute approximate surface area is 184 Å². The molecule has 0 spiro atoms. The van der Waals surface area contributed by atoms with Crippen LogP contribution in [0.25, 0.3) is 10.1 Å². The Morgan fingerprint density at radius 2 is 1.79 bits per heavy atom. The molecular formula is C19H13Cl3N2O4S. The number of hydrogen-bond donors (Lipinski definition) is 2. The molecule has 1 aromatic heterocycles. The Bertz CT molecular complexity index is 1100. The van der Waals surface area contributed by atoms with Crippen LogP contribution in [0.2, 0.25) is 15.1 Å². The monoisotopic (exact) mass is 470 g/mol. The number of fused-ring (bicyclic) bond motifs is 1. The standard InChI is InChI=1S/C19H13Cl3N2O4S/c20-10-5-6-13(12(21)7-10)24-15(25)9-28-16(26)8-23-19(27)18-17(22)11-3-1-2-4-14(11)29-18/h1-7H,8-9H2,(H,23,27)(H,24,25). The largest absolute Gasteiger partial charge is 0.454 e. The number of benzene rings is 2. The first-order chi connectivity index (χ1) is 13.8. The number of ether oxygens (including phenoxy) is 1. The SMILES string of the molecule is O=C(COC(=O)CNC(=O)c1sc2ccccc2c1Cl)Nc1ccc(Cl)cc1Cl. The van der Waals surface area contributed by atoms with Gasteiger partial charge in [-0.05, 0) is 24.3 Å². The minimum Gasteiger partial charge on any atom is -0.454 e. The molecular weight excluding hydrogens is 459 g/mol. The number of anilines is 1. The lowest BCUT2D eigenvalue weighted by Crippen LogP contribution is -2.32. The van der Waals surface area contributed by atoms with Gasteiger partial charge in [-0.3, -0.25) is 14.4 Å². The van der Waals surface area contributed by atoms with Gasteiger partial charge < -0.3 is 15.4 Å². The predicted molar refractivity (Wildman–Crippen MR) is 115 cm³/mol. The molecule has 2 aromatic carbocycles. The lowest BCUT2D eigenvalue weighted by Gasteiger charge is -2.08. The molecule has 1 heterocycles. The Morgan fingerprint density at radius 1 is 1.03 bits per heavy atom. The van der Waals surface area contributed by atoms with Crippen molar-refractivity contribution in [2.24, 2.45) is 0 Å². The minimum absolute atomic E-state index is 0.254. The zero-order valence-electron chi connectivity index (χ0n) is 14.6. The van der Waals surface area contributed by atoms with E-state index in [4.69, 9.17) is 39.5 Å². The van der Waals surface area contributed by atoms with Crippen molar-refractivity contribution in [3.63, 3.8) is 0 Å². The van der Waals surface area contributed by atoms with E-state index in [1.165, 1.54) is 23.5 Å². The number of rotatable bonds is 6. The van der Waals surface area contributed by atoms with E-state index in [-0.39, 0.29) is 5.02 Å². The minimum atomic E-state index is -0.770. The van der Waals surface area contributed by atoms with Crippen LogP contribution in [0.1, 0.15) is 9.67 Å². The summed E-state index contributed by atoms with van der Waals surface area (Å²) in [5.41, 5.74) is 0.338. The fourth-order valence-electron chi connectivity index (χ4n) is 2.37. The average molecular weight is 472 g/mol. The van der Waals surface area contributed by atoms with Gasteiger partial charge in [-0.2, -0.15) is 0 Å². The summed E-state index contributed by atoms with van der Waals surface area (Å²) in [5, 5.41) is 6.71. The van der Waals surface area contributed by atoms with E-state index in [1.54, 1.807) is 6.07 Å². The van der Waals surface area contributed by atoms with Crippen molar-refractivity contribution >= 4 is 79.7 Å². The van der Waals surface area contributed by atoms with Crippen molar-refractivity contribution in [1.29, 1.82) is 0 Å². The Kier molecular flexibility index (Phi) is 6.97. The van der Waals surface area contributed by atoms with Crippen LogP contribution < -0.4 is 10.6 Å². The molecule has 0 saturated heterocycles. The molecule has 0 bridgehead atoms. The molecule has 0 aliphatic heterocycles. The second kappa shape index (κ2) is 9.45. The van der Waals surface area contributed by atoms with Gasteiger partial charge in [-0.15, -0.1) is 11.3 Å². The summed E-state index contributed by atoms with van der Waals surface area (Å²) in [4.78, 5) is 36.3. The molecule has 0 fully saturated rings. The summed E-state index contributed by atoms with van der Waals surface area (Å²) < 4.78 is 5.71. The van der Waals surface area contributed by atoms with Crippen molar-refractivity contribution in [1.82, 2.24) is 5.32 Å². The van der Waals surface area contributed by atoms with E-state index in [2.05, 4.69) is 10.6 Å². The van der Waals surface area contributed by atoms with E-state index < -0.39 is 30.9 Å². The first-order valence-corrected chi connectivity index (χ1v) is 10.2. The highest BCUT2D eigenvalue weighted by molar-refractivity contribution is 7.21. The molecule has 10 heteroatoms. The number of halogens is 3. The first kappa shape index (κ1) is 21.4. The van der Waals surface area contributed by atoms with Crippen LogP contribution in [0, 0.1) is 0 Å². The maximum absolute atomic E-state index is 12.3. The molecule has 3 rings (SSSR count). The molecule has 0 aliphatic rings. The smallest absolute Gasteiger partial charge is 0.325 e. The molecule has 150 valence electrons. The highest BCUT2D eigenvalue weighted by Gasteiger charge is 2.18. The average Bonchev–Trinajstić information content (AvgIpc) is 3.04. The second-order valence-electron chi connectivity index (χ2n) is 5.76. The molecule has 6 nitrogen and oxygen atoms in total. The van der Waals surface area contributed by atoms with Gasteiger partial charge in [-0.1, -0.05) is 53.0 Å². The topological polar surface area (TPSA) is 84.5 Å². The van der Waals surface area contributed by atoms with Crippen molar-refractivity contribution in [3.05, 3.63) is 62.4 Å². The number of esters is 1. The van der Waals surface area contributed by atoms with E-state index in [0.29, 0.717) is 20.6 Å². The zero-order valence-corrected chi connectivity index (χ0v) is 17.7. The first-order valence-electron chi connectivity index (χ1n) is 8.21. The van der Waals surface area contributed by atoms with Crippen LogP contribution in [0.4, 0.5) is 5.69 Å². The normalized spacial score (nSPS) is 10.6. The quantitative estimate of drug-likeness (QED) is 0.507. The number of thiophene rings is 1. The summed E-state index contributed by atoms with van der Waals surface area (Å²) >= 11 is 19.2. The van der Waals surface area contributed by atoms with Crippen molar-refractivity contribution in [3.8, 4) is 0 Å². The lowest BCUT2D eigenvalue weighted by atomic mass is 10.2. The van der Waals surface area contributed by atoms with E-state index in [0.717, 1.165) is 10.1 Å². The van der Waals surface area contributed by atoms with Gasteiger partial charge in [0.15, 0.2) is 6.61 Å². The van der Waals surface area contributed by atoms with Crippen LogP contribution in [-0.2, 0) is 14.3 Å². The van der Waals surface area contributed by atoms with Crippen molar-refractivity contribution < 1.29 is 19.1 Å². The number of hydrogen-bond acceptors (Lipinski definition) is 5. The van der Waals surface area contributed by atoms with Gasteiger partial charge >= 0.3 is 5.97 Å². The molecule has 29 heavy (non-hydrogen) atoms. The van der Waals surface area contributed by atoms with Crippen LogP contribution in [0.3, 0.4) is 0 Å². The molecule has 0 saturated carbocycles. The van der Waals surface area contributed by atoms with Crippen molar-refractivity contribution in [2.75, 3.05) is 18.5 Å². The molecule has 0 radical (unpaired) electrons. The molecule has 3 aromatic rings. The van der Waals surface area contributed by atoms with Crippen LogP contribution in [0.5, 0.6) is 0 Å². The Balaban J connectivity index is 1.48. The van der Waals surface area contributed by atoms with Crippen LogP contribution in [0.15, 0.2) is 42.5 Å². The van der Waals surface area contributed by atoms with Gasteiger partial charge in [0.05, 0.1) is 15.7 Å². The lowest BCUT2D eigenvalue weighted by molar-refractivity contribution is -0.146. The number of nitrogens with one attached hydrogen (secondary N) is 2. The third-order valence-electron chi connectivity index (χ3n) is 3.70. The highest BCUT2D eigenvalue weighted by atomic mass is 35.5. The molecule has 0 atom stereocenters. The molecule has 2 N–H and O–H groups in total. The summed E-state index contributed by atoms with van der Waals surface area (Å²) in [6.07, 6.45) is 0. The number of carbonyl (C=O) groups excluding carboxylic acids is 3.